The van der Waals surface area contributed by atoms with E-state index >= 15 is 0 Å². The minimum absolute atomic E-state index is 0.218. The zero-order valence-electron chi connectivity index (χ0n) is 8.53. The minimum atomic E-state index is 0.218. The quantitative estimate of drug-likeness (QED) is 0.478. The van der Waals surface area contributed by atoms with Gasteiger partial charge in [0.05, 0.1) is 4.47 Å². The van der Waals surface area contributed by atoms with Crippen molar-refractivity contribution in [1.29, 1.82) is 0 Å². The molecular formula is C9H14BrN3OS. The van der Waals surface area contributed by atoms with Gasteiger partial charge in [-0.3, -0.25) is 0 Å². The van der Waals surface area contributed by atoms with Gasteiger partial charge in [-0.2, -0.15) is 0 Å². The highest BCUT2D eigenvalue weighted by Crippen LogP contribution is 2.30. The van der Waals surface area contributed by atoms with Gasteiger partial charge in [-0.25, -0.2) is 9.97 Å². The zero-order valence-corrected chi connectivity index (χ0v) is 10.9. The Balaban J connectivity index is 2.66. The zero-order chi connectivity index (χ0) is 11.1. The molecule has 0 aliphatic carbocycles. The van der Waals surface area contributed by atoms with Crippen molar-refractivity contribution in [3.63, 3.8) is 0 Å². The van der Waals surface area contributed by atoms with Gasteiger partial charge < -0.3 is 10.4 Å². The van der Waals surface area contributed by atoms with Crippen molar-refractivity contribution in [3.05, 3.63) is 10.8 Å². The Kier molecular flexibility index (Phi) is 5.97. The van der Waals surface area contributed by atoms with Gasteiger partial charge in [0.1, 0.15) is 17.2 Å². The molecule has 0 fully saturated rings. The van der Waals surface area contributed by atoms with E-state index in [1.807, 2.05) is 6.92 Å². The third kappa shape index (κ3) is 3.96. The smallest absolute Gasteiger partial charge is 0.144 e. The number of aliphatic hydroxyl groups excluding tert-OH is 1. The summed E-state index contributed by atoms with van der Waals surface area (Å²) in [6, 6.07) is 0. The van der Waals surface area contributed by atoms with E-state index in [4.69, 9.17) is 5.11 Å². The summed E-state index contributed by atoms with van der Waals surface area (Å²) in [4.78, 5) is 8.30. The number of hydrogen-bond donors (Lipinski definition) is 2. The molecule has 84 valence electrons. The number of anilines is 1. The molecule has 0 aliphatic heterocycles. The molecule has 2 N–H and O–H groups in total. The molecule has 15 heavy (non-hydrogen) atoms. The maximum Gasteiger partial charge on any atom is 0.144 e. The lowest BCUT2D eigenvalue weighted by Gasteiger charge is -2.07. The molecule has 1 rings (SSSR count). The van der Waals surface area contributed by atoms with Crippen LogP contribution < -0.4 is 5.32 Å². The second kappa shape index (κ2) is 7.03. The summed E-state index contributed by atoms with van der Waals surface area (Å²) in [6.45, 7) is 3.07. The summed E-state index contributed by atoms with van der Waals surface area (Å²) in [5.41, 5.74) is 0. The summed E-state index contributed by atoms with van der Waals surface area (Å²) in [5.74, 6) is 1.68. The average molecular weight is 292 g/mol. The van der Waals surface area contributed by atoms with E-state index in [1.54, 1.807) is 18.1 Å². The molecule has 0 atom stereocenters. The highest BCUT2D eigenvalue weighted by molar-refractivity contribution is 9.10. The van der Waals surface area contributed by atoms with Gasteiger partial charge in [0.15, 0.2) is 0 Å². The van der Waals surface area contributed by atoms with E-state index < -0.39 is 0 Å². The van der Waals surface area contributed by atoms with Gasteiger partial charge in [0.2, 0.25) is 0 Å². The van der Waals surface area contributed by atoms with Gasteiger partial charge in [0, 0.05) is 18.9 Å². The number of nitrogens with zero attached hydrogens (tertiary/aromatic N) is 2. The maximum atomic E-state index is 8.68. The molecule has 0 saturated carbocycles. The molecule has 0 radical (unpaired) electrons. The van der Waals surface area contributed by atoms with Crippen molar-refractivity contribution in [2.24, 2.45) is 0 Å². The summed E-state index contributed by atoms with van der Waals surface area (Å²) in [7, 11) is 0. The molecule has 0 spiro atoms. The van der Waals surface area contributed by atoms with Crippen molar-refractivity contribution in [2.45, 2.75) is 18.4 Å². The van der Waals surface area contributed by atoms with Crippen LogP contribution in [-0.2, 0) is 0 Å². The minimum Gasteiger partial charge on any atom is -0.396 e. The number of halogens is 1. The van der Waals surface area contributed by atoms with Crippen LogP contribution in [0.3, 0.4) is 0 Å². The number of hydrogen-bond acceptors (Lipinski definition) is 5. The Labute approximate surface area is 102 Å². The monoisotopic (exact) mass is 291 g/mol. The molecule has 1 aromatic rings. The topological polar surface area (TPSA) is 58.0 Å². The van der Waals surface area contributed by atoms with Crippen LogP contribution in [0.1, 0.15) is 13.3 Å². The number of nitrogens with one attached hydrogen (secondary N) is 1. The molecule has 0 saturated heterocycles. The Hall–Kier alpha value is -0.330. The first-order valence-corrected chi connectivity index (χ1v) is 6.55. The summed E-state index contributed by atoms with van der Waals surface area (Å²) in [5, 5.41) is 12.7. The van der Waals surface area contributed by atoms with Crippen molar-refractivity contribution in [1.82, 2.24) is 9.97 Å². The Morgan fingerprint density at radius 2 is 2.33 bits per heavy atom. The Bertz CT molecular complexity index is 311. The van der Waals surface area contributed by atoms with E-state index in [1.165, 1.54) is 0 Å². The van der Waals surface area contributed by atoms with E-state index in [-0.39, 0.29) is 6.61 Å². The molecule has 0 aromatic carbocycles. The van der Waals surface area contributed by atoms with Crippen LogP contribution >= 0.6 is 27.7 Å². The first-order valence-electron chi connectivity index (χ1n) is 4.77. The maximum absolute atomic E-state index is 8.68. The van der Waals surface area contributed by atoms with E-state index in [0.29, 0.717) is 0 Å². The van der Waals surface area contributed by atoms with Crippen LogP contribution in [0.25, 0.3) is 0 Å². The Morgan fingerprint density at radius 3 is 3.00 bits per heavy atom. The van der Waals surface area contributed by atoms with Gasteiger partial charge in [-0.05, 0) is 29.3 Å². The lowest BCUT2D eigenvalue weighted by molar-refractivity contribution is 0.296. The van der Waals surface area contributed by atoms with Gasteiger partial charge in [-0.15, -0.1) is 11.8 Å². The molecule has 6 heteroatoms. The molecule has 0 unspecified atom stereocenters. The van der Waals surface area contributed by atoms with Crippen molar-refractivity contribution in [3.8, 4) is 0 Å². The molecule has 1 heterocycles. The summed E-state index contributed by atoms with van der Waals surface area (Å²) >= 11 is 5.08. The van der Waals surface area contributed by atoms with E-state index in [9.17, 15) is 0 Å². The van der Waals surface area contributed by atoms with Crippen LogP contribution in [0.15, 0.2) is 15.8 Å². The molecule has 0 amide bonds. The van der Waals surface area contributed by atoms with Crippen LogP contribution in [-0.4, -0.2) is 34.0 Å². The van der Waals surface area contributed by atoms with Crippen LogP contribution in [0.2, 0.25) is 0 Å². The second-order valence-electron chi connectivity index (χ2n) is 2.80. The predicted molar refractivity (Wildman–Crippen MR) is 66.3 cm³/mol. The molecule has 0 aliphatic rings. The fourth-order valence-corrected chi connectivity index (χ4v) is 2.48. The highest BCUT2D eigenvalue weighted by atomic mass is 79.9. The third-order valence-corrected chi connectivity index (χ3v) is 3.73. The van der Waals surface area contributed by atoms with Gasteiger partial charge in [-0.1, -0.05) is 0 Å². The molecule has 4 nitrogen and oxygen atoms in total. The standard InChI is InChI=1S/C9H14BrN3OS/c1-2-11-8-7(10)9(13-6-12-8)15-5-3-4-14/h6,14H,2-5H2,1H3,(H,11,12,13). The largest absolute Gasteiger partial charge is 0.396 e. The van der Waals surface area contributed by atoms with Crippen LogP contribution in [0.4, 0.5) is 5.82 Å². The first kappa shape index (κ1) is 12.7. The SMILES string of the molecule is CCNc1ncnc(SCCCO)c1Br. The number of rotatable bonds is 6. The van der Waals surface area contributed by atoms with Crippen molar-refractivity contribution in [2.75, 3.05) is 24.2 Å². The van der Waals surface area contributed by atoms with Gasteiger partial charge >= 0.3 is 0 Å². The lowest BCUT2D eigenvalue weighted by atomic mass is 10.5. The summed E-state index contributed by atoms with van der Waals surface area (Å²) in [6.07, 6.45) is 2.32. The predicted octanol–water partition coefficient (Wildman–Crippen LogP) is 2.15. The molecular weight excluding hydrogens is 278 g/mol. The normalized spacial score (nSPS) is 10.3. The Morgan fingerprint density at radius 1 is 1.53 bits per heavy atom. The fourth-order valence-electron chi connectivity index (χ4n) is 0.978. The summed E-state index contributed by atoms with van der Waals surface area (Å²) < 4.78 is 0.898. The first-order chi connectivity index (χ1) is 7.29. The van der Waals surface area contributed by atoms with Gasteiger partial charge in [0.25, 0.3) is 0 Å². The van der Waals surface area contributed by atoms with Crippen molar-refractivity contribution < 1.29 is 5.11 Å². The van der Waals surface area contributed by atoms with E-state index in [0.717, 1.165) is 34.0 Å². The molecule has 1 aromatic heterocycles. The molecule has 0 bridgehead atoms. The highest BCUT2D eigenvalue weighted by Gasteiger charge is 2.07. The fraction of sp³-hybridized carbons (Fsp3) is 0.556. The number of aliphatic hydroxyl groups is 1. The van der Waals surface area contributed by atoms with E-state index in [2.05, 4.69) is 31.2 Å². The number of thioether (sulfide) groups is 1. The van der Waals surface area contributed by atoms with Crippen LogP contribution in [0.5, 0.6) is 0 Å². The average Bonchev–Trinajstić information content (AvgIpc) is 2.24. The second-order valence-corrected chi connectivity index (χ2v) is 4.67. The number of aromatic nitrogens is 2. The lowest BCUT2D eigenvalue weighted by Crippen LogP contribution is -2.01. The third-order valence-electron chi connectivity index (χ3n) is 1.64. The van der Waals surface area contributed by atoms with Crippen molar-refractivity contribution >= 4 is 33.5 Å². The van der Waals surface area contributed by atoms with Crippen LogP contribution in [0, 0.1) is 0 Å².